The van der Waals surface area contributed by atoms with Gasteiger partial charge in [0.2, 0.25) is 0 Å². The summed E-state index contributed by atoms with van der Waals surface area (Å²) in [5, 5.41) is 0. The van der Waals surface area contributed by atoms with Crippen LogP contribution in [0, 0.1) is 0 Å². The van der Waals surface area contributed by atoms with Gasteiger partial charge in [-0.15, -0.1) is 0 Å². The third-order valence-corrected chi connectivity index (χ3v) is 6.53. The van der Waals surface area contributed by atoms with Gasteiger partial charge in [0.25, 0.3) is 0 Å². The summed E-state index contributed by atoms with van der Waals surface area (Å²) < 4.78 is 5.77. The maximum absolute atomic E-state index is 13.3. The lowest BCUT2D eigenvalue weighted by Gasteiger charge is -2.38. The van der Waals surface area contributed by atoms with Gasteiger partial charge in [0.15, 0.2) is 0 Å². The summed E-state index contributed by atoms with van der Waals surface area (Å²) in [6, 6.07) is 40.9. The molecule has 33 heavy (non-hydrogen) atoms. The molecule has 0 radical (unpaired) electrons. The number of nitrogens with zero attached hydrogens (tertiary/aromatic N) is 1. The van der Waals surface area contributed by atoms with E-state index in [1.54, 1.807) is 0 Å². The Labute approximate surface area is 195 Å². The maximum Gasteiger partial charge on any atom is 0.325 e. The third kappa shape index (κ3) is 3.85. The molecule has 0 aliphatic carbocycles. The molecule has 1 saturated heterocycles. The second kappa shape index (κ2) is 9.05. The van der Waals surface area contributed by atoms with Crippen molar-refractivity contribution in [3.8, 4) is 0 Å². The van der Waals surface area contributed by atoms with Crippen LogP contribution in [0.1, 0.15) is 29.2 Å². The third-order valence-electron chi connectivity index (χ3n) is 6.53. The van der Waals surface area contributed by atoms with Crippen LogP contribution in [0.5, 0.6) is 0 Å². The summed E-state index contributed by atoms with van der Waals surface area (Å²) in [7, 11) is 0. The van der Waals surface area contributed by atoms with Crippen LogP contribution >= 0.6 is 0 Å². The number of benzene rings is 4. The number of carbonyl (C=O) groups excluding carboxylic acids is 1. The van der Waals surface area contributed by atoms with E-state index < -0.39 is 5.54 Å². The summed E-state index contributed by atoms with van der Waals surface area (Å²) in [5.74, 6) is -0.182. The van der Waals surface area contributed by atoms with E-state index in [1.807, 2.05) is 48.5 Å². The standard InChI is InChI=1S/C30H27NO2/c1-23-28(29(32)33-22-24-14-6-2-7-15-24)31(23)30(25-16-8-3-9-17-25,26-18-10-4-11-19-26)27-20-12-5-13-21-27/h2-21,23,28H,22H2,1H3/t23-,28+,31?/m1/s1. The average Bonchev–Trinajstić information content (AvgIpc) is 3.56. The molecule has 1 heterocycles. The molecule has 0 saturated carbocycles. The highest BCUT2D eigenvalue weighted by Crippen LogP contribution is 2.51. The van der Waals surface area contributed by atoms with Gasteiger partial charge in [-0.1, -0.05) is 121 Å². The number of hydrogen-bond donors (Lipinski definition) is 0. The quantitative estimate of drug-likeness (QED) is 0.210. The molecule has 4 aromatic rings. The molecule has 3 nitrogen and oxygen atoms in total. The van der Waals surface area contributed by atoms with Gasteiger partial charge < -0.3 is 4.74 Å². The zero-order chi connectivity index (χ0) is 22.7. The number of esters is 1. The van der Waals surface area contributed by atoms with Gasteiger partial charge >= 0.3 is 5.97 Å². The van der Waals surface area contributed by atoms with Crippen LogP contribution < -0.4 is 0 Å². The Bertz CT molecular complexity index is 1100. The van der Waals surface area contributed by atoms with Gasteiger partial charge in [0.05, 0.1) is 5.54 Å². The fraction of sp³-hybridized carbons (Fsp3) is 0.167. The zero-order valence-electron chi connectivity index (χ0n) is 18.7. The Morgan fingerprint density at radius 1 is 0.697 bits per heavy atom. The van der Waals surface area contributed by atoms with E-state index in [9.17, 15) is 4.79 Å². The molecule has 164 valence electrons. The van der Waals surface area contributed by atoms with E-state index in [0.29, 0.717) is 0 Å². The Kier molecular flexibility index (Phi) is 5.80. The molecule has 1 fully saturated rings. The highest BCUT2D eigenvalue weighted by Gasteiger charge is 2.62. The summed E-state index contributed by atoms with van der Waals surface area (Å²) in [6.07, 6.45) is 0. The fourth-order valence-corrected chi connectivity index (χ4v) is 4.97. The lowest BCUT2D eigenvalue weighted by atomic mass is 9.76. The predicted octanol–water partition coefficient (Wildman–Crippen LogP) is 5.79. The molecule has 0 bridgehead atoms. The largest absolute Gasteiger partial charge is 0.460 e. The fourth-order valence-electron chi connectivity index (χ4n) is 4.97. The van der Waals surface area contributed by atoms with E-state index in [2.05, 4.69) is 84.6 Å². The first-order valence-electron chi connectivity index (χ1n) is 11.4. The van der Waals surface area contributed by atoms with Crippen molar-refractivity contribution in [3.63, 3.8) is 0 Å². The Balaban J connectivity index is 1.57. The van der Waals surface area contributed by atoms with Crippen LogP contribution in [-0.2, 0) is 21.7 Å². The highest BCUT2D eigenvalue weighted by molar-refractivity contribution is 5.81. The first kappa shape index (κ1) is 21.2. The maximum atomic E-state index is 13.3. The number of ether oxygens (including phenoxy) is 1. The molecule has 0 N–H and O–H groups in total. The Hall–Kier alpha value is -3.69. The van der Waals surface area contributed by atoms with Crippen LogP contribution in [0.2, 0.25) is 0 Å². The molecule has 1 aliphatic heterocycles. The van der Waals surface area contributed by atoms with Gasteiger partial charge in [0.1, 0.15) is 12.6 Å². The SMILES string of the molecule is C[C@@H]1[C@@H](C(=O)OCc2ccccc2)N1C(c1ccccc1)(c1ccccc1)c1ccccc1. The van der Waals surface area contributed by atoms with Crippen molar-refractivity contribution in [2.75, 3.05) is 0 Å². The lowest BCUT2D eigenvalue weighted by molar-refractivity contribution is -0.145. The average molecular weight is 434 g/mol. The molecule has 3 heteroatoms. The first-order valence-corrected chi connectivity index (χ1v) is 11.4. The summed E-state index contributed by atoms with van der Waals surface area (Å²) in [6.45, 7) is 2.39. The summed E-state index contributed by atoms with van der Waals surface area (Å²) >= 11 is 0. The molecule has 3 atom stereocenters. The van der Waals surface area contributed by atoms with Gasteiger partial charge in [-0.3, -0.25) is 9.69 Å². The topological polar surface area (TPSA) is 29.3 Å². The van der Waals surface area contributed by atoms with E-state index in [4.69, 9.17) is 4.74 Å². The van der Waals surface area contributed by atoms with Crippen molar-refractivity contribution < 1.29 is 9.53 Å². The van der Waals surface area contributed by atoms with E-state index in [-0.39, 0.29) is 24.7 Å². The molecule has 4 aromatic carbocycles. The van der Waals surface area contributed by atoms with Crippen LogP contribution in [0.15, 0.2) is 121 Å². The van der Waals surface area contributed by atoms with Gasteiger partial charge in [0, 0.05) is 6.04 Å². The molecule has 1 unspecified atom stereocenters. The minimum Gasteiger partial charge on any atom is -0.460 e. The second-order valence-corrected chi connectivity index (χ2v) is 8.49. The van der Waals surface area contributed by atoms with Crippen LogP contribution in [0.25, 0.3) is 0 Å². The number of hydrogen-bond acceptors (Lipinski definition) is 3. The van der Waals surface area contributed by atoms with E-state index >= 15 is 0 Å². The van der Waals surface area contributed by atoms with Gasteiger partial charge in [-0.2, -0.15) is 0 Å². The highest BCUT2D eigenvalue weighted by atomic mass is 16.5. The van der Waals surface area contributed by atoms with Gasteiger partial charge in [-0.05, 0) is 29.2 Å². The zero-order valence-corrected chi connectivity index (χ0v) is 18.7. The molecule has 1 aliphatic rings. The smallest absolute Gasteiger partial charge is 0.325 e. The predicted molar refractivity (Wildman–Crippen MR) is 131 cm³/mol. The van der Waals surface area contributed by atoms with Crippen molar-refractivity contribution >= 4 is 5.97 Å². The minimum absolute atomic E-state index is 0.0360. The van der Waals surface area contributed by atoms with Crippen molar-refractivity contribution in [1.29, 1.82) is 0 Å². The van der Waals surface area contributed by atoms with Crippen molar-refractivity contribution in [3.05, 3.63) is 144 Å². The van der Waals surface area contributed by atoms with Crippen molar-refractivity contribution in [2.45, 2.75) is 31.2 Å². The molecule has 0 aromatic heterocycles. The van der Waals surface area contributed by atoms with Crippen molar-refractivity contribution in [2.24, 2.45) is 0 Å². The summed E-state index contributed by atoms with van der Waals surface area (Å²) in [4.78, 5) is 15.6. The minimum atomic E-state index is -0.598. The lowest BCUT2D eigenvalue weighted by Crippen LogP contribution is -2.40. The van der Waals surface area contributed by atoms with Crippen LogP contribution in [0.3, 0.4) is 0 Å². The van der Waals surface area contributed by atoms with Crippen LogP contribution in [-0.4, -0.2) is 23.0 Å². The van der Waals surface area contributed by atoms with Crippen LogP contribution in [0.4, 0.5) is 0 Å². The second-order valence-electron chi connectivity index (χ2n) is 8.49. The molecule has 0 spiro atoms. The first-order chi connectivity index (χ1) is 16.2. The van der Waals surface area contributed by atoms with Crippen molar-refractivity contribution in [1.82, 2.24) is 4.90 Å². The Morgan fingerprint density at radius 2 is 1.09 bits per heavy atom. The molecular weight excluding hydrogens is 406 g/mol. The Morgan fingerprint density at radius 3 is 1.52 bits per heavy atom. The normalized spacial score (nSPS) is 19.6. The van der Waals surface area contributed by atoms with E-state index in [0.717, 1.165) is 22.3 Å². The van der Waals surface area contributed by atoms with E-state index in [1.165, 1.54) is 0 Å². The van der Waals surface area contributed by atoms with Gasteiger partial charge in [-0.25, -0.2) is 0 Å². The number of carbonyl (C=O) groups is 1. The number of rotatable bonds is 7. The molecule has 0 amide bonds. The molecular formula is C30H27NO2. The monoisotopic (exact) mass is 433 g/mol. The summed E-state index contributed by atoms with van der Waals surface area (Å²) in [5.41, 5.74) is 3.79. The molecule has 5 rings (SSSR count).